The van der Waals surface area contributed by atoms with Crippen LogP contribution in [0.25, 0.3) is 0 Å². The molecule has 0 radical (unpaired) electrons. The second-order valence-electron chi connectivity index (χ2n) is 5.14. The summed E-state index contributed by atoms with van der Waals surface area (Å²) in [6.07, 6.45) is 1.17. The van der Waals surface area contributed by atoms with Crippen molar-refractivity contribution in [1.82, 2.24) is 5.32 Å². The average molecular weight is 313 g/mol. The standard InChI is InChI=1S/C19H23NO3/c1-3-11-23-18-10-9-15(12-19(18)22-2)13-20-14-17(21)16-7-5-4-6-8-16/h3-10,12,17,20-21H,1,11,13-14H2,2H3/t17-/m1/s1. The molecule has 2 rings (SSSR count). The van der Waals surface area contributed by atoms with Crippen molar-refractivity contribution in [3.63, 3.8) is 0 Å². The lowest BCUT2D eigenvalue weighted by molar-refractivity contribution is 0.174. The Morgan fingerprint density at radius 3 is 2.65 bits per heavy atom. The third-order valence-electron chi connectivity index (χ3n) is 3.44. The first-order valence-corrected chi connectivity index (χ1v) is 7.59. The van der Waals surface area contributed by atoms with Gasteiger partial charge in [-0.1, -0.05) is 49.1 Å². The number of benzene rings is 2. The van der Waals surface area contributed by atoms with Crippen molar-refractivity contribution in [2.24, 2.45) is 0 Å². The number of rotatable bonds is 9. The van der Waals surface area contributed by atoms with Crippen molar-refractivity contribution >= 4 is 0 Å². The van der Waals surface area contributed by atoms with Crippen LogP contribution in [-0.2, 0) is 6.54 Å². The quantitative estimate of drug-likeness (QED) is 0.699. The normalized spacial score (nSPS) is 11.7. The monoisotopic (exact) mass is 313 g/mol. The first-order valence-electron chi connectivity index (χ1n) is 7.59. The van der Waals surface area contributed by atoms with Crippen LogP contribution in [0.3, 0.4) is 0 Å². The predicted octanol–water partition coefficient (Wildman–Crippen LogP) is 3.08. The van der Waals surface area contributed by atoms with E-state index in [9.17, 15) is 5.11 Å². The summed E-state index contributed by atoms with van der Waals surface area (Å²) in [7, 11) is 1.62. The highest BCUT2D eigenvalue weighted by Gasteiger charge is 2.08. The number of aliphatic hydroxyl groups is 1. The van der Waals surface area contributed by atoms with Gasteiger partial charge in [0.1, 0.15) is 6.61 Å². The average Bonchev–Trinajstić information content (AvgIpc) is 2.61. The maximum Gasteiger partial charge on any atom is 0.161 e. The largest absolute Gasteiger partial charge is 0.493 e. The van der Waals surface area contributed by atoms with Crippen LogP contribution in [0.1, 0.15) is 17.2 Å². The molecule has 0 aliphatic carbocycles. The maximum atomic E-state index is 10.1. The molecule has 0 amide bonds. The van der Waals surface area contributed by atoms with Gasteiger partial charge >= 0.3 is 0 Å². The molecule has 0 aromatic heterocycles. The number of ether oxygens (including phenoxy) is 2. The third-order valence-corrected chi connectivity index (χ3v) is 3.44. The molecule has 2 N–H and O–H groups in total. The second kappa shape index (κ2) is 8.98. The Labute approximate surface area is 137 Å². The van der Waals surface area contributed by atoms with Crippen LogP contribution in [0.2, 0.25) is 0 Å². The first-order chi connectivity index (χ1) is 11.2. The Kier molecular flexibility index (Phi) is 6.66. The van der Waals surface area contributed by atoms with Crippen LogP contribution in [0.5, 0.6) is 11.5 Å². The second-order valence-corrected chi connectivity index (χ2v) is 5.14. The minimum Gasteiger partial charge on any atom is -0.493 e. The van der Waals surface area contributed by atoms with Crippen LogP contribution in [0.15, 0.2) is 61.2 Å². The molecule has 23 heavy (non-hydrogen) atoms. The van der Waals surface area contributed by atoms with Gasteiger partial charge in [0.05, 0.1) is 13.2 Å². The number of nitrogens with one attached hydrogen (secondary N) is 1. The minimum absolute atomic E-state index is 0.442. The van der Waals surface area contributed by atoms with Crippen LogP contribution in [0, 0.1) is 0 Å². The molecule has 4 heteroatoms. The van der Waals surface area contributed by atoms with Crippen molar-refractivity contribution < 1.29 is 14.6 Å². The van der Waals surface area contributed by atoms with Gasteiger partial charge in [0.15, 0.2) is 11.5 Å². The molecule has 2 aromatic rings. The molecule has 4 nitrogen and oxygen atoms in total. The van der Waals surface area contributed by atoms with Gasteiger partial charge in [-0.25, -0.2) is 0 Å². The molecule has 0 fully saturated rings. The van der Waals surface area contributed by atoms with E-state index in [0.717, 1.165) is 11.1 Å². The Bertz CT molecular complexity index is 613. The fourth-order valence-corrected chi connectivity index (χ4v) is 2.24. The molecular weight excluding hydrogens is 290 g/mol. The molecule has 0 aliphatic heterocycles. The summed E-state index contributed by atoms with van der Waals surface area (Å²) in [4.78, 5) is 0. The summed E-state index contributed by atoms with van der Waals surface area (Å²) < 4.78 is 10.9. The highest BCUT2D eigenvalue weighted by molar-refractivity contribution is 5.43. The Balaban J connectivity index is 1.89. The summed E-state index contributed by atoms with van der Waals surface area (Å²) in [5.41, 5.74) is 1.97. The van der Waals surface area contributed by atoms with Crippen LogP contribution < -0.4 is 14.8 Å². The number of methoxy groups -OCH3 is 1. The number of hydrogen-bond acceptors (Lipinski definition) is 4. The summed E-state index contributed by atoms with van der Waals surface area (Å²) in [6.45, 7) is 5.20. The van der Waals surface area contributed by atoms with Crippen molar-refractivity contribution in [1.29, 1.82) is 0 Å². The first kappa shape index (κ1) is 17.1. The lowest BCUT2D eigenvalue weighted by Crippen LogP contribution is -2.21. The van der Waals surface area contributed by atoms with Crippen LogP contribution >= 0.6 is 0 Å². The molecule has 0 aliphatic rings. The van der Waals surface area contributed by atoms with Gasteiger partial charge in [-0.3, -0.25) is 0 Å². The Morgan fingerprint density at radius 1 is 1.17 bits per heavy atom. The van der Waals surface area contributed by atoms with E-state index in [2.05, 4.69) is 11.9 Å². The molecule has 0 heterocycles. The minimum atomic E-state index is -0.520. The molecule has 1 atom stereocenters. The van der Waals surface area contributed by atoms with E-state index in [-0.39, 0.29) is 0 Å². The Hall–Kier alpha value is -2.30. The Morgan fingerprint density at radius 2 is 1.96 bits per heavy atom. The lowest BCUT2D eigenvalue weighted by atomic mass is 10.1. The highest BCUT2D eigenvalue weighted by Crippen LogP contribution is 2.28. The SMILES string of the molecule is C=CCOc1ccc(CNC[C@@H](O)c2ccccc2)cc1OC. The molecule has 2 aromatic carbocycles. The van der Waals surface area contributed by atoms with Gasteiger partial charge in [0.25, 0.3) is 0 Å². The van der Waals surface area contributed by atoms with E-state index in [0.29, 0.717) is 31.2 Å². The van der Waals surface area contributed by atoms with Crippen LogP contribution in [-0.4, -0.2) is 25.4 Å². The van der Waals surface area contributed by atoms with E-state index in [1.165, 1.54) is 0 Å². The number of aliphatic hydroxyl groups excluding tert-OH is 1. The van der Waals surface area contributed by atoms with Gasteiger partial charge < -0.3 is 19.9 Å². The van der Waals surface area contributed by atoms with Crippen molar-refractivity contribution in [2.45, 2.75) is 12.6 Å². The van der Waals surface area contributed by atoms with E-state index in [1.807, 2.05) is 48.5 Å². The van der Waals surface area contributed by atoms with Gasteiger partial charge in [0, 0.05) is 13.1 Å². The summed E-state index contributed by atoms with van der Waals surface area (Å²) in [5.74, 6) is 1.38. The van der Waals surface area contributed by atoms with Crippen molar-refractivity contribution in [3.05, 3.63) is 72.3 Å². The maximum absolute atomic E-state index is 10.1. The summed E-state index contributed by atoms with van der Waals surface area (Å²) >= 11 is 0. The molecule has 122 valence electrons. The smallest absolute Gasteiger partial charge is 0.161 e. The molecule has 0 bridgehead atoms. The molecule has 0 unspecified atom stereocenters. The van der Waals surface area contributed by atoms with Gasteiger partial charge in [-0.05, 0) is 23.3 Å². The van der Waals surface area contributed by atoms with E-state index < -0.39 is 6.10 Å². The zero-order chi connectivity index (χ0) is 16.5. The predicted molar refractivity (Wildman–Crippen MR) is 91.8 cm³/mol. The van der Waals surface area contributed by atoms with Gasteiger partial charge in [-0.2, -0.15) is 0 Å². The molecule has 0 saturated heterocycles. The van der Waals surface area contributed by atoms with Gasteiger partial charge in [-0.15, -0.1) is 0 Å². The third kappa shape index (κ3) is 5.13. The van der Waals surface area contributed by atoms with Crippen molar-refractivity contribution in [2.75, 3.05) is 20.3 Å². The molecule has 0 saturated carbocycles. The van der Waals surface area contributed by atoms with E-state index in [4.69, 9.17) is 9.47 Å². The van der Waals surface area contributed by atoms with E-state index in [1.54, 1.807) is 13.2 Å². The summed E-state index contributed by atoms with van der Waals surface area (Å²) in [5, 5.41) is 13.4. The zero-order valence-electron chi connectivity index (χ0n) is 13.4. The van der Waals surface area contributed by atoms with Crippen LogP contribution in [0.4, 0.5) is 0 Å². The summed E-state index contributed by atoms with van der Waals surface area (Å²) in [6, 6.07) is 15.4. The topological polar surface area (TPSA) is 50.7 Å². The van der Waals surface area contributed by atoms with Gasteiger partial charge in [0.2, 0.25) is 0 Å². The zero-order valence-corrected chi connectivity index (χ0v) is 13.4. The molecular formula is C19H23NO3. The number of hydrogen-bond donors (Lipinski definition) is 2. The van der Waals surface area contributed by atoms with Crippen molar-refractivity contribution in [3.8, 4) is 11.5 Å². The highest BCUT2D eigenvalue weighted by atomic mass is 16.5. The lowest BCUT2D eigenvalue weighted by Gasteiger charge is -2.14. The fourth-order valence-electron chi connectivity index (χ4n) is 2.24. The fraction of sp³-hybridized carbons (Fsp3) is 0.263. The van der Waals surface area contributed by atoms with E-state index >= 15 is 0 Å². The molecule has 0 spiro atoms.